The second kappa shape index (κ2) is 5.46. The quantitative estimate of drug-likeness (QED) is 0.552. The molecule has 0 amide bonds. The smallest absolute Gasteiger partial charge is 0.267 e. The molecule has 0 saturated heterocycles. The van der Waals surface area contributed by atoms with Gasteiger partial charge in [0.25, 0.3) is 5.56 Å². The number of aromatic nitrogens is 3. The Morgan fingerprint density at radius 2 is 1.62 bits per heavy atom. The topological polar surface area (TPSA) is 39.8 Å². The molecule has 4 nitrogen and oxygen atoms in total. The van der Waals surface area contributed by atoms with Crippen LogP contribution in [0.1, 0.15) is 16.3 Å². The number of fused-ring (bicyclic) bond motifs is 1. The molecule has 0 aliphatic heterocycles. The van der Waals surface area contributed by atoms with Crippen molar-refractivity contribution in [3.8, 4) is 11.1 Å². The van der Waals surface area contributed by atoms with E-state index in [1.54, 1.807) is 22.3 Å². The number of hydrogen-bond acceptors (Lipinski definition) is 3. The van der Waals surface area contributed by atoms with Crippen LogP contribution in [0.3, 0.4) is 0 Å². The van der Waals surface area contributed by atoms with Crippen molar-refractivity contribution in [2.45, 2.75) is 20.8 Å². The van der Waals surface area contributed by atoms with Crippen molar-refractivity contribution in [3.05, 3.63) is 75.4 Å². The van der Waals surface area contributed by atoms with Gasteiger partial charge in [-0.25, -0.2) is 9.66 Å². The molecule has 5 heteroatoms. The van der Waals surface area contributed by atoms with E-state index >= 15 is 0 Å². The Balaban J connectivity index is 2.09. The van der Waals surface area contributed by atoms with Crippen molar-refractivity contribution in [1.82, 2.24) is 14.3 Å². The fourth-order valence-electron chi connectivity index (χ4n) is 3.19. The molecule has 0 spiro atoms. The zero-order valence-electron chi connectivity index (χ0n) is 13.8. The lowest BCUT2D eigenvalue weighted by atomic mass is 10.0. The summed E-state index contributed by atoms with van der Waals surface area (Å²) in [5.41, 5.74) is 4.02. The van der Waals surface area contributed by atoms with Gasteiger partial charge in [0.15, 0.2) is 0 Å². The number of benzene rings is 1. The van der Waals surface area contributed by atoms with E-state index in [1.807, 2.05) is 67.9 Å². The van der Waals surface area contributed by atoms with Crippen molar-refractivity contribution in [2.75, 3.05) is 0 Å². The average Bonchev–Trinajstić information content (AvgIpc) is 3.09. The molecule has 0 saturated carbocycles. The molecular weight excluding hydrogens is 318 g/mol. The summed E-state index contributed by atoms with van der Waals surface area (Å²) in [5, 5.41) is 0.693. The lowest BCUT2D eigenvalue weighted by molar-refractivity contribution is 0.594. The molecule has 4 rings (SSSR count). The number of hydrogen-bond donors (Lipinski definition) is 0. The number of nitrogens with zero attached hydrogens (tertiary/aromatic N) is 3. The van der Waals surface area contributed by atoms with Gasteiger partial charge in [0.2, 0.25) is 0 Å². The van der Waals surface area contributed by atoms with Crippen molar-refractivity contribution in [1.29, 1.82) is 0 Å². The Hall–Kier alpha value is -2.66. The van der Waals surface area contributed by atoms with Crippen LogP contribution in [0.5, 0.6) is 0 Å². The molecule has 24 heavy (non-hydrogen) atoms. The first-order valence-electron chi connectivity index (χ1n) is 7.79. The minimum absolute atomic E-state index is 0.0365. The zero-order chi connectivity index (χ0) is 16.8. The summed E-state index contributed by atoms with van der Waals surface area (Å²) in [6.45, 7) is 6.02. The molecule has 120 valence electrons. The summed E-state index contributed by atoms with van der Waals surface area (Å²) in [7, 11) is 0. The lowest BCUT2D eigenvalue weighted by Crippen LogP contribution is -2.27. The van der Waals surface area contributed by atoms with Crippen LogP contribution in [0.25, 0.3) is 21.3 Å². The van der Waals surface area contributed by atoms with E-state index in [0.717, 1.165) is 32.2 Å². The van der Waals surface area contributed by atoms with Crippen LogP contribution in [0.15, 0.2) is 53.6 Å². The van der Waals surface area contributed by atoms with E-state index in [-0.39, 0.29) is 5.56 Å². The average molecular weight is 335 g/mol. The third kappa shape index (κ3) is 2.12. The van der Waals surface area contributed by atoms with Crippen LogP contribution in [0.4, 0.5) is 0 Å². The molecule has 3 aromatic heterocycles. The van der Waals surface area contributed by atoms with Crippen LogP contribution in [0.2, 0.25) is 0 Å². The van der Waals surface area contributed by atoms with Crippen LogP contribution in [-0.2, 0) is 0 Å². The maximum Gasteiger partial charge on any atom is 0.282 e. The molecule has 0 radical (unpaired) electrons. The SMILES string of the molecule is Cc1sc2ncn(-n3c(C)ccc3C)c(=O)c2c1-c1ccccc1. The predicted octanol–water partition coefficient (Wildman–Crippen LogP) is 4.16. The fourth-order valence-corrected chi connectivity index (χ4v) is 4.19. The van der Waals surface area contributed by atoms with Crippen LogP contribution in [-0.4, -0.2) is 14.3 Å². The van der Waals surface area contributed by atoms with Crippen molar-refractivity contribution < 1.29 is 0 Å². The molecule has 3 heterocycles. The van der Waals surface area contributed by atoms with Gasteiger partial charge in [-0.15, -0.1) is 11.3 Å². The van der Waals surface area contributed by atoms with Crippen molar-refractivity contribution in [2.24, 2.45) is 0 Å². The number of rotatable bonds is 2. The minimum Gasteiger partial charge on any atom is -0.267 e. The third-order valence-corrected chi connectivity index (χ3v) is 5.30. The summed E-state index contributed by atoms with van der Waals surface area (Å²) in [6.07, 6.45) is 1.62. The molecule has 1 aromatic carbocycles. The van der Waals surface area contributed by atoms with E-state index in [0.29, 0.717) is 5.39 Å². The maximum absolute atomic E-state index is 13.2. The van der Waals surface area contributed by atoms with Gasteiger partial charge in [-0.3, -0.25) is 9.47 Å². The predicted molar refractivity (Wildman–Crippen MR) is 98.8 cm³/mol. The standard InChI is InChI=1S/C19H17N3OS/c1-12-9-10-13(2)22(12)21-11-20-18-17(19(21)23)16(14(3)24-18)15-7-5-4-6-8-15/h4-11H,1-3H3. The maximum atomic E-state index is 13.2. The fraction of sp³-hybridized carbons (Fsp3) is 0.158. The van der Waals surface area contributed by atoms with Gasteiger partial charge in [0, 0.05) is 21.8 Å². The van der Waals surface area contributed by atoms with Crippen LogP contribution < -0.4 is 5.56 Å². The summed E-state index contributed by atoms with van der Waals surface area (Å²) in [6, 6.07) is 14.1. The second-order valence-corrected chi connectivity index (χ2v) is 7.10. The molecule has 0 aliphatic rings. The van der Waals surface area contributed by atoms with Gasteiger partial charge in [-0.05, 0) is 38.5 Å². The summed E-state index contributed by atoms with van der Waals surface area (Å²) in [4.78, 5) is 19.7. The summed E-state index contributed by atoms with van der Waals surface area (Å²) >= 11 is 1.57. The lowest BCUT2D eigenvalue weighted by Gasteiger charge is -2.12. The van der Waals surface area contributed by atoms with Gasteiger partial charge in [0.05, 0.1) is 5.39 Å². The van der Waals surface area contributed by atoms with E-state index in [1.165, 1.54) is 0 Å². The zero-order valence-corrected chi connectivity index (χ0v) is 14.6. The molecule has 0 unspecified atom stereocenters. The molecular formula is C19H17N3OS. The monoisotopic (exact) mass is 335 g/mol. The van der Waals surface area contributed by atoms with E-state index < -0.39 is 0 Å². The Bertz CT molecular complexity index is 1080. The highest BCUT2D eigenvalue weighted by molar-refractivity contribution is 7.19. The first-order valence-corrected chi connectivity index (χ1v) is 8.61. The highest BCUT2D eigenvalue weighted by atomic mass is 32.1. The minimum atomic E-state index is -0.0365. The first kappa shape index (κ1) is 14.9. The first-order chi connectivity index (χ1) is 11.6. The number of thiophene rings is 1. The normalized spacial score (nSPS) is 11.3. The van der Waals surface area contributed by atoms with Crippen LogP contribution >= 0.6 is 11.3 Å². The Labute approximate surface area is 143 Å². The molecule has 0 N–H and O–H groups in total. The van der Waals surface area contributed by atoms with E-state index in [4.69, 9.17) is 0 Å². The summed E-state index contributed by atoms with van der Waals surface area (Å²) in [5.74, 6) is 0. The Morgan fingerprint density at radius 1 is 0.958 bits per heavy atom. The molecule has 4 aromatic rings. The highest BCUT2D eigenvalue weighted by Crippen LogP contribution is 2.35. The van der Waals surface area contributed by atoms with E-state index in [2.05, 4.69) is 4.98 Å². The largest absolute Gasteiger partial charge is 0.282 e. The summed E-state index contributed by atoms with van der Waals surface area (Å²) < 4.78 is 3.50. The van der Waals surface area contributed by atoms with Gasteiger partial charge in [-0.2, -0.15) is 0 Å². The van der Waals surface area contributed by atoms with Gasteiger partial charge in [-0.1, -0.05) is 30.3 Å². The molecule has 0 fully saturated rings. The van der Waals surface area contributed by atoms with E-state index in [9.17, 15) is 4.79 Å². The Kier molecular flexibility index (Phi) is 3.39. The molecule has 0 aliphatic carbocycles. The molecule has 0 atom stereocenters. The van der Waals surface area contributed by atoms with Gasteiger partial charge in [0.1, 0.15) is 11.2 Å². The van der Waals surface area contributed by atoms with Crippen molar-refractivity contribution >= 4 is 21.6 Å². The highest BCUT2D eigenvalue weighted by Gasteiger charge is 2.18. The van der Waals surface area contributed by atoms with Gasteiger partial charge < -0.3 is 0 Å². The van der Waals surface area contributed by atoms with Crippen molar-refractivity contribution in [3.63, 3.8) is 0 Å². The second-order valence-electron chi connectivity index (χ2n) is 5.90. The van der Waals surface area contributed by atoms with Crippen LogP contribution in [0, 0.1) is 20.8 Å². The van der Waals surface area contributed by atoms with Gasteiger partial charge >= 0.3 is 0 Å². The molecule has 0 bridgehead atoms. The third-order valence-electron chi connectivity index (χ3n) is 4.28. The number of aryl methyl sites for hydroxylation is 3. The Morgan fingerprint density at radius 3 is 2.29 bits per heavy atom.